The highest BCUT2D eigenvalue weighted by atomic mass is 19.1. The molecule has 0 aliphatic carbocycles. The normalized spacial score (nSPS) is 10.5. The second-order valence-corrected chi connectivity index (χ2v) is 4.74. The molecule has 0 saturated heterocycles. The number of aromatic nitrogens is 2. The Balaban J connectivity index is 2.17. The summed E-state index contributed by atoms with van der Waals surface area (Å²) in [4.78, 5) is 18.2. The lowest BCUT2D eigenvalue weighted by Crippen LogP contribution is -2.02. The molecule has 22 heavy (non-hydrogen) atoms. The largest absolute Gasteiger partial charge is 0.409 e. The number of nitrogens with zero attached hydrogens (tertiary/aromatic N) is 1. The van der Waals surface area contributed by atoms with Crippen LogP contribution in [0.3, 0.4) is 0 Å². The van der Waals surface area contributed by atoms with Crippen LogP contribution in [-0.2, 0) is 4.79 Å². The molecule has 0 unspecified atom stereocenters. The molecule has 110 valence electrons. The van der Waals surface area contributed by atoms with Crippen molar-refractivity contribution < 1.29 is 13.9 Å². The van der Waals surface area contributed by atoms with Crippen LogP contribution in [0.1, 0.15) is 6.92 Å². The van der Waals surface area contributed by atoms with E-state index in [1.165, 1.54) is 19.1 Å². The molecule has 2 heterocycles. The number of rotatable bonds is 3. The number of halogens is 1. The number of ether oxygens (including phenoxy) is 1. The molecule has 1 N–H and O–H groups in total. The molecular formula is C17H13FN2O2. The van der Waals surface area contributed by atoms with Gasteiger partial charge in [-0.3, -0.25) is 9.78 Å². The van der Waals surface area contributed by atoms with E-state index in [4.69, 9.17) is 4.74 Å². The van der Waals surface area contributed by atoms with Crippen molar-refractivity contribution in [3.8, 4) is 28.1 Å². The van der Waals surface area contributed by atoms with Gasteiger partial charge in [0.2, 0.25) is 5.88 Å². The van der Waals surface area contributed by atoms with Crippen molar-refractivity contribution in [2.24, 2.45) is 0 Å². The molecule has 0 bridgehead atoms. The van der Waals surface area contributed by atoms with Gasteiger partial charge in [-0.05, 0) is 35.4 Å². The Hall–Kier alpha value is -2.95. The minimum Gasteiger partial charge on any atom is -0.409 e. The Morgan fingerprint density at radius 3 is 2.41 bits per heavy atom. The fraction of sp³-hybridized carbons (Fsp3) is 0.0588. The van der Waals surface area contributed by atoms with Crippen LogP contribution in [0.4, 0.5) is 4.39 Å². The van der Waals surface area contributed by atoms with E-state index in [2.05, 4.69) is 9.97 Å². The van der Waals surface area contributed by atoms with Crippen molar-refractivity contribution in [3.63, 3.8) is 0 Å². The Bertz CT molecular complexity index is 795. The third kappa shape index (κ3) is 2.74. The van der Waals surface area contributed by atoms with E-state index in [-0.39, 0.29) is 5.82 Å². The predicted molar refractivity (Wildman–Crippen MR) is 80.7 cm³/mol. The number of H-pyrrole nitrogens is 1. The van der Waals surface area contributed by atoms with E-state index < -0.39 is 5.97 Å². The van der Waals surface area contributed by atoms with Crippen molar-refractivity contribution in [3.05, 3.63) is 60.8 Å². The van der Waals surface area contributed by atoms with Gasteiger partial charge in [0.25, 0.3) is 0 Å². The zero-order valence-electron chi connectivity index (χ0n) is 11.8. The Kier molecular flexibility index (Phi) is 3.70. The molecule has 0 aliphatic rings. The maximum absolute atomic E-state index is 13.2. The van der Waals surface area contributed by atoms with Crippen molar-refractivity contribution in [2.45, 2.75) is 6.92 Å². The molecule has 4 nitrogen and oxygen atoms in total. The Labute approximate surface area is 126 Å². The quantitative estimate of drug-likeness (QED) is 0.748. The zero-order chi connectivity index (χ0) is 15.5. The minimum absolute atomic E-state index is 0.321. The van der Waals surface area contributed by atoms with E-state index in [1.807, 2.05) is 12.1 Å². The fourth-order valence-electron chi connectivity index (χ4n) is 2.29. The van der Waals surface area contributed by atoms with Crippen LogP contribution in [0.2, 0.25) is 0 Å². The highest BCUT2D eigenvalue weighted by molar-refractivity contribution is 5.88. The fourth-order valence-corrected chi connectivity index (χ4v) is 2.29. The van der Waals surface area contributed by atoms with E-state index in [0.717, 1.165) is 16.7 Å². The first-order chi connectivity index (χ1) is 10.6. The molecule has 0 atom stereocenters. The molecule has 0 radical (unpaired) electrons. The lowest BCUT2D eigenvalue weighted by molar-refractivity contribution is -0.132. The molecule has 3 aromatic rings. The van der Waals surface area contributed by atoms with Gasteiger partial charge in [-0.15, -0.1) is 0 Å². The molecule has 5 heteroatoms. The molecule has 3 rings (SSSR count). The predicted octanol–water partition coefficient (Wildman–Crippen LogP) is 3.81. The van der Waals surface area contributed by atoms with Gasteiger partial charge in [-0.2, -0.15) is 0 Å². The highest BCUT2D eigenvalue weighted by Gasteiger charge is 2.17. The summed E-state index contributed by atoms with van der Waals surface area (Å²) in [5.74, 6) is -0.406. The summed E-state index contributed by atoms with van der Waals surface area (Å²) >= 11 is 0. The first-order valence-corrected chi connectivity index (χ1v) is 6.71. The van der Waals surface area contributed by atoms with Gasteiger partial charge in [0.1, 0.15) is 5.82 Å². The van der Waals surface area contributed by atoms with Crippen molar-refractivity contribution in [1.29, 1.82) is 0 Å². The number of hydrogen-bond acceptors (Lipinski definition) is 3. The summed E-state index contributed by atoms with van der Waals surface area (Å²) in [6.45, 7) is 1.33. The van der Waals surface area contributed by atoms with Gasteiger partial charge >= 0.3 is 5.97 Å². The zero-order valence-corrected chi connectivity index (χ0v) is 11.8. The van der Waals surface area contributed by atoms with E-state index >= 15 is 0 Å². The van der Waals surface area contributed by atoms with Crippen LogP contribution in [0.5, 0.6) is 5.88 Å². The van der Waals surface area contributed by atoms with Crippen LogP contribution < -0.4 is 4.74 Å². The van der Waals surface area contributed by atoms with Crippen LogP contribution in [0.15, 0.2) is 55.0 Å². The third-order valence-electron chi connectivity index (χ3n) is 3.21. The number of hydrogen-bond donors (Lipinski definition) is 1. The maximum atomic E-state index is 13.2. The minimum atomic E-state index is -0.425. The van der Waals surface area contributed by atoms with Gasteiger partial charge in [-0.25, -0.2) is 4.39 Å². The molecule has 0 spiro atoms. The lowest BCUT2D eigenvalue weighted by atomic mass is 9.99. The van der Waals surface area contributed by atoms with Crippen LogP contribution >= 0.6 is 0 Å². The second-order valence-electron chi connectivity index (χ2n) is 4.74. The highest BCUT2D eigenvalue weighted by Crippen LogP contribution is 2.39. The van der Waals surface area contributed by atoms with Gasteiger partial charge in [0, 0.05) is 31.1 Å². The number of esters is 1. The molecule has 0 aliphatic heterocycles. The van der Waals surface area contributed by atoms with Crippen LogP contribution in [-0.4, -0.2) is 15.9 Å². The summed E-state index contributed by atoms with van der Waals surface area (Å²) in [7, 11) is 0. The average molecular weight is 296 g/mol. The monoisotopic (exact) mass is 296 g/mol. The first-order valence-electron chi connectivity index (χ1n) is 6.71. The molecular weight excluding hydrogens is 283 g/mol. The SMILES string of the molecule is CC(=O)Oc1[nH]cc(-c2ccncc2)c1-c1ccc(F)cc1. The lowest BCUT2D eigenvalue weighted by Gasteiger charge is -2.07. The number of aromatic amines is 1. The standard InChI is InChI=1S/C17H13FN2O2/c1-11(21)22-17-16(13-2-4-14(18)5-3-13)15(10-20-17)12-6-8-19-9-7-12/h2-10,20H,1H3. The average Bonchev–Trinajstić information content (AvgIpc) is 2.92. The van der Waals surface area contributed by atoms with Crippen molar-refractivity contribution in [2.75, 3.05) is 0 Å². The first kappa shape index (κ1) is 14.0. The molecule has 0 amide bonds. The van der Waals surface area contributed by atoms with Crippen molar-refractivity contribution in [1.82, 2.24) is 9.97 Å². The summed E-state index contributed by atoms with van der Waals surface area (Å²) in [6.07, 6.45) is 5.12. The number of pyridine rings is 1. The molecule has 1 aromatic carbocycles. The van der Waals surface area contributed by atoms with Crippen LogP contribution in [0, 0.1) is 5.82 Å². The molecule has 0 saturated carbocycles. The summed E-state index contributed by atoms with van der Waals surface area (Å²) in [5, 5.41) is 0. The summed E-state index contributed by atoms with van der Waals surface area (Å²) in [6, 6.07) is 9.75. The summed E-state index contributed by atoms with van der Waals surface area (Å²) < 4.78 is 18.4. The molecule has 2 aromatic heterocycles. The molecule has 0 fully saturated rings. The summed E-state index contributed by atoms with van der Waals surface area (Å²) in [5.41, 5.74) is 3.24. The van der Waals surface area contributed by atoms with Crippen molar-refractivity contribution >= 4 is 5.97 Å². The second kappa shape index (κ2) is 5.81. The number of benzene rings is 1. The number of carbonyl (C=O) groups excluding carboxylic acids is 1. The van der Waals surface area contributed by atoms with E-state index in [0.29, 0.717) is 11.4 Å². The smallest absolute Gasteiger partial charge is 0.309 e. The van der Waals surface area contributed by atoms with Gasteiger partial charge in [-0.1, -0.05) is 12.1 Å². The van der Waals surface area contributed by atoms with Gasteiger partial charge in [0.05, 0.1) is 5.56 Å². The van der Waals surface area contributed by atoms with Gasteiger partial charge < -0.3 is 9.72 Å². The van der Waals surface area contributed by atoms with E-state index in [9.17, 15) is 9.18 Å². The van der Waals surface area contributed by atoms with Crippen LogP contribution in [0.25, 0.3) is 22.3 Å². The van der Waals surface area contributed by atoms with E-state index in [1.54, 1.807) is 30.7 Å². The number of carbonyl (C=O) groups is 1. The number of nitrogens with one attached hydrogen (secondary N) is 1. The maximum Gasteiger partial charge on any atom is 0.309 e. The Morgan fingerprint density at radius 1 is 1.09 bits per heavy atom. The Morgan fingerprint density at radius 2 is 1.77 bits per heavy atom. The third-order valence-corrected chi connectivity index (χ3v) is 3.21. The topological polar surface area (TPSA) is 55.0 Å². The van der Waals surface area contributed by atoms with Gasteiger partial charge in [0.15, 0.2) is 0 Å².